The minimum atomic E-state index is 0.295. The molecule has 0 saturated carbocycles. The van der Waals surface area contributed by atoms with E-state index in [-0.39, 0.29) is 0 Å². The predicted molar refractivity (Wildman–Crippen MR) is 73.8 cm³/mol. The number of ether oxygens (including phenoxy) is 1. The molecular formula is C14H22ClNO. The average Bonchev–Trinajstić information content (AvgIpc) is 2.29. The van der Waals surface area contributed by atoms with Crippen LogP contribution in [-0.2, 0) is 6.42 Å². The summed E-state index contributed by atoms with van der Waals surface area (Å²) in [5, 5.41) is 0.679. The van der Waals surface area contributed by atoms with Crippen LogP contribution in [0.4, 0.5) is 0 Å². The highest BCUT2D eigenvalue weighted by Gasteiger charge is 2.07. The summed E-state index contributed by atoms with van der Waals surface area (Å²) in [6.07, 6.45) is 3.17. The Morgan fingerprint density at radius 1 is 1.35 bits per heavy atom. The Bertz CT molecular complexity index is 352. The van der Waals surface area contributed by atoms with Crippen molar-refractivity contribution >= 4 is 11.6 Å². The molecule has 0 aliphatic rings. The topological polar surface area (TPSA) is 35.2 Å². The van der Waals surface area contributed by atoms with Gasteiger partial charge in [0.25, 0.3) is 0 Å². The second kappa shape index (κ2) is 6.87. The maximum Gasteiger partial charge on any atom is 0.137 e. The van der Waals surface area contributed by atoms with Crippen LogP contribution in [0.25, 0.3) is 0 Å². The van der Waals surface area contributed by atoms with Gasteiger partial charge in [-0.1, -0.05) is 31.5 Å². The van der Waals surface area contributed by atoms with Gasteiger partial charge in [0, 0.05) is 6.04 Å². The van der Waals surface area contributed by atoms with Crippen LogP contribution in [0.1, 0.15) is 32.3 Å². The summed E-state index contributed by atoms with van der Waals surface area (Å²) < 4.78 is 5.12. The molecule has 17 heavy (non-hydrogen) atoms. The Hall–Kier alpha value is -0.730. The van der Waals surface area contributed by atoms with Crippen LogP contribution in [0.5, 0.6) is 5.75 Å². The quantitative estimate of drug-likeness (QED) is 0.842. The monoisotopic (exact) mass is 255 g/mol. The van der Waals surface area contributed by atoms with Crippen molar-refractivity contribution in [3.63, 3.8) is 0 Å². The number of hydrogen-bond acceptors (Lipinski definition) is 2. The molecular weight excluding hydrogens is 234 g/mol. The van der Waals surface area contributed by atoms with Gasteiger partial charge in [-0.2, -0.15) is 0 Å². The lowest BCUT2D eigenvalue weighted by molar-refractivity contribution is 0.414. The number of rotatable bonds is 6. The first-order chi connectivity index (χ1) is 8.04. The molecule has 0 radical (unpaired) electrons. The number of aryl methyl sites for hydroxylation is 1. The summed E-state index contributed by atoms with van der Waals surface area (Å²) in [6.45, 7) is 4.32. The Kier molecular flexibility index (Phi) is 5.79. The summed E-state index contributed by atoms with van der Waals surface area (Å²) in [5.74, 6) is 1.28. The van der Waals surface area contributed by atoms with E-state index in [4.69, 9.17) is 22.1 Å². The second-order valence-electron chi connectivity index (χ2n) is 4.77. The fraction of sp³-hybridized carbons (Fsp3) is 0.571. The van der Waals surface area contributed by atoms with Crippen molar-refractivity contribution in [3.8, 4) is 5.75 Å². The van der Waals surface area contributed by atoms with Crippen molar-refractivity contribution in [2.75, 3.05) is 7.11 Å². The number of methoxy groups -OCH3 is 1. The average molecular weight is 256 g/mol. The van der Waals surface area contributed by atoms with Gasteiger partial charge in [-0.15, -0.1) is 0 Å². The number of benzene rings is 1. The largest absolute Gasteiger partial charge is 0.495 e. The van der Waals surface area contributed by atoms with Crippen LogP contribution in [0.3, 0.4) is 0 Å². The molecule has 1 rings (SSSR count). The minimum absolute atomic E-state index is 0.295. The highest BCUT2D eigenvalue weighted by Crippen LogP contribution is 2.25. The van der Waals surface area contributed by atoms with E-state index in [0.29, 0.717) is 17.0 Å². The standard InChI is InChI=1S/C14H22ClNO/c1-10(2)13(16)6-4-5-11-7-8-14(17-3)12(15)9-11/h7-10,13H,4-6,16H2,1-3H3. The van der Waals surface area contributed by atoms with Gasteiger partial charge in [-0.05, 0) is 42.9 Å². The maximum atomic E-state index is 6.07. The maximum absolute atomic E-state index is 6.07. The van der Waals surface area contributed by atoms with E-state index in [9.17, 15) is 0 Å². The molecule has 0 fully saturated rings. The Morgan fingerprint density at radius 3 is 2.59 bits per heavy atom. The Balaban J connectivity index is 2.45. The zero-order valence-electron chi connectivity index (χ0n) is 10.9. The van der Waals surface area contributed by atoms with Crippen molar-refractivity contribution < 1.29 is 4.74 Å². The summed E-state index contributed by atoms with van der Waals surface area (Å²) in [5.41, 5.74) is 7.25. The van der Waals surface area contributed by atoms with Gasteiger partial charge < -0.3 is 10.5 Å². The lowest BCUT2D eigenvalue weighted by Gasteiger charge is -2.15. The van der Waals surface area contributed by atoms with Gasteiger partial charge >= 0.3 is 0 Å². The molecule has 1 aromatic carbocycles. The molecule has 3 heteroatoms. The third kappa shape index (κ3) is 4.57. The van der Waals surface area contributed by atoms with E-state index in [1.54, 1.807) is 7.11 Å². The molecule has 2 nitrogen and oxygen atoms in total. The summed E-state index contributed by atoms with van der Waals surface area (Å²) in [6, 6.07) is 6.25. The van der Waals surface area contributed by atoms with Gasteiger partial charge in [0.2, 0.25) is 0 Å². The first kappa shape index (κ1) is 14.3. The van der Waals surface area contributed by atoms with Crippen LogP contribution in [0.15, 0.2) is 18.2 Å². The molecule has 1 unspecified atom stereocenters. The van der Waals surface area contributed by atoms with Crippen LogP contribution < -0.4 is 10.5 Å². The van der Waals surface area contributed by atoms with Crippen molar-refractivity contribution in [3.05, 3.63) is 28.8 Å². The number of halogens is 1. The van der Waals surface area contributed by atoms with Crippen LogP contribution in [-0.4, -0.2) is 13.2 Å². The molecule has 0 saturated heterocycles. The molecule has 0 heterocycles. The SMILES string of the molecule is COc1ccc(CCCC(N)C(C)C)cc1Cl. The first-order valence-electron chi connectivity index (χ1n) is 6.12. The van der Waals surface area contributed by atoms with Gasteiger partial charge in [0.15, 0.2) is 0 Å². The molecule has 96 valence electrons. The molecule has 0 bridgehead atoms. The predicted octanol–water partition coefficient (Wildman–Crippen LogP) is 3.65. The zero-order valence-corrected chi connectivity index (χ0v) is 11.6. The van der Waals surface area contributed by atoms with Crippen molar-refractivity contribution in [2.45, 2.75) is 39.2 Å². The molecule has 1 atom stereocenters. The third-order valence-corrected chi connectivity index (χ3v) is 3.37. The zero-order chi connectivity index (χ0) is 12.8. The molecule has 0 spiro atoms. The first-order valence-corrected chi connectivity index (χ1v) is 6.50. The summed E-state index contributed by atoms with van der Waals surface area (Å²) >= 11 is 6.07. The van der Waals surface area contributed by atoms with Gasteiger partial charge in [0.1, 0.15) is 5.75 Å². The minimum Gasteiger partial charge on any atom is -0.495 e. The van der Waals surface area contributed by atoms with Crippen LogP contribution >= 0.6 is 11.6 Å². The lowest BCUT2D eigenvalue weighted by atomic mass is 9.98. The van der Waals surface area contributed by atoms with Crippen molar-refractivity contribution in [1.29, 1.82) is 0 Å². The summed E-state index contributed by atoms with van der Waals surface area (Å²) in [4.78, 5) is 0. The fourth-order valence-corrected chi connectivity index (χ4v) is 2.02. The smallest absolute Gasteiger partial charge is 0.137 e. The lowest BCUT2D eigenvalue weighted by Crippen LogP contribution is -2.26. The van der Waals surface area contributed by atoms with Crippen molar-refractivity contribution in [2.24, 2.45) is 11.7 Å². The van der Waals surface area contributed by atoms with E-state index in [0.717, 1.165) is 25.0 Å². The number of hydrogen-bond donors (Lipinski definition) is 1. The third-order valence-electron chi connectivity index (χ3n) is 3.08. The Labute approximate surface area is 109 Å². The molecule has 0 aliphatic carbocycles. The van der Waals surface area contributed by atoms with E-state index in [1.807, 2.05) is 12.1 Å². The molecule has 0 aliphatic heterocycles. The van der Waals surface area contributed by atoms with E-state index >= 15 is 0 Å². The fourth-order valence-electron chi connectivity index (χ4n) is 1.74. The summed E-state index contributed by atoms with van der Waals surface area (Å²) in [7, 11) is 1.63. The van der Waals surface area contributed by atoms with Crippen LogP contribution in [0, 0.1) is 5.92 Å². The van der Waals surface area contributed by atoms with E-state index in [2.05, 4.69) is 19.9 Å². The van der Waals surface area contributed by atoms with Crippen molar-refractivity contribution in [1.82, 2.24) is 0 Å². The van der Waals surface area contributed by atoms with Gasteiger partial charge in [-0.3, -0.25) is 0 Å². The highest BCUT2D eigenvalue weighted by atomic mass is 35.5. The van der Waals surface area contributed by atoms with Gasteiger partial charge in [0.05, 0.1) is 12.1 Å². The van der Waals surface area contributed by atoms with E-state index in [1.165, 1.54) is 5.56 Å². The Morgan fingerprint density at radius 2 is 2.06 bits per heavy atom. The van der Waals surface area contributed by atoms with Gasteiger partial charge in [-0.25, -0.2) is 0 Å². The molecule has 1 aromatic rings. The van der Waals surface area contributed by atoms with E-state index < -0.39 is 0 Å². The van der Waals surface area contributed by atoms with Crippen LogP contribution in [0.2, 0.25) is 5.02 Å². The number of nitrogens with two attached hydrogens (primary N) is 1. The second-order valence-corrected chi connectivity index (χ2v) is 5.18. The molecule has 0 amide bonds. The molecule has 2 N–H and O–H groups in total. The normalized spacial score (nSPS) is 12.8. The molecule has 0 aromatic heterocycles. The highest BCUT2D eigenvalue weighted by molar-refractivity contribution is 6.32.